The van der Waals surface area contributed by atoms with Crippen LogP contribution in [0.4, 0.5) is 24.5 Å². The number of aromatic nitrogens is 3. The number of halogens is 3. The summed E-state index contributed by atoms with van der Waals surface area (Å²) in [7, 11) is 3.73. The van der Waals surface area contributed by atoms with Gasteiger partial charge in [0.2, 0.25) is 5.89 Å². The van der Waals surface area contributed by atoms with Crippen molar-refractivity contribution in [3.05, 3.63) is 78.4 Å². The van der Waals surface area contributed by atoms with Gasteiger partial charge in [0.15, 0.2) is 5.69 Å². The number of oxazole rings is 1. The lowest BCUT2D eigenvalue weighted by molar-refractivity contribution is -0.138. The third kappa shape index (κ3) is 6.31. The maximum Gasteiger partial charge on any atom is 0.422 e. The van der Waals surface area contributed by atoms with Crippen molar-refractivity contribution in [1.29, 1.82) is 0 Å². The van der Waals surface area contributed by atoms with Crippen LogP contribution in [0.5, 0.6) is 11.5 Å². The van der Waals surface area contributed by atoms with Crippen LogP contribution in [0.15, 0.2) is 71.6 Å². The highest BCUT2D eigenvalue weighted by atomic mass is 19.4. The molecule has 0 radical (unpaired) electrons. The van der Waals surface area contributed by atoms with E-state index in [1.807, 2.05) is 7.05 Å². The average molecular weight is 568 g/mol. The smallest absolute Gasteiger partial charge is 0.422 e. The molecule has 2 aromatic heterocycles. The van der Waals surface area contributed by atoms with Crippen molar-refractivity contribution < 1.29 is 27.1 Å². The van der Waals surface area contributed by atoms with Gasteiger partial charge in [-0.25, -0.2) is 4.98 Å². The second kappa shape index (κ2) is 11.9. The fourth-order valence-corrected chi connectivity index (χ4v) is 4.70. The molecule has 214 valence electrons. The van der Waals surface area contributed by atoms with Crippen LogP contribution in [0, 0.1) is 0 Å². The molecule has 1 saturated heterocycles. The van der Waals surface area contributed by atoms with Gasteiger partial charge >= 0.3 is 6.18 Å². The van der Waals surface area contributed by atoms with Gasteiger partial charge in [-0.2, -0.15) is 23.4 Å². The Hall–Kier alpha value is -4.49. The highest BCUT2D eigenvalue weighted by Crippen LogP contribution is 2.48. The normalized spacial score (nSPS) is 16.0. The van der Waals surface area contributed by atoms with Gasteiger partial charge in [-0.05, 0) is 44.4 Å². The topological polar surface area (TPSA) is 109 Å². The molecular weight excluding hydrogens is 539 g/mol. The second-order valence-corrected chi connectivity index (χ2v) is 9.51. The van der Waals surface area contributed by atoms with Crippen LogP contribution >= 0.6 is 0 Å². The minimum Gasteiger partial charge on any atom is -0.457 e. The summed E-state index contributed by atoms with van der Waals surface area (Å²) in [6, 6.07) is 12.4. The summed E-state index contributed by atoms with van der Waals surface area (Å²) in [5, 5.41) is 13.2. The molecule has 0 spiro atoms. The monoisotopic (exact) mass is 567 g/mol. The molecule has 0 saturated carbocycles. The van der Waals surface area contributed by atoms with Crippen LogP contribution in [0.3, 0.4) is 0 Å². The molecule has 1 aliphatic heterocycles. The van der Waals surface area contributed by atoms with E-state index in [1.165, 1.54) is 24.5 Å². The molecule has 1 atom stereocenters. The van der Waals surface area contributed by atoms with Gasteiger partial charge in [-0.15, -0.1) is 0 Å². The van der Waals surface area contributed by atoms with Crippen molar-refractivity contribution in [3.8, 4) is 23.0 Å². The van der Waals surface area contributed by atoms with E-state index >= 15 is 0 Å². The fourth-order valence-electron chi connectivity index (χ4n) is 4.70. The first kappa shape index (κ1) is 28.1. The number of alkyl halides is 3. The number of amides is 1. The molecule has 41 heavy (non-hydrogen) atoms. The van der Waals surface area contributed by atoms with Crippen molar-refractivity contribution in [2.45, 2.75) is 12.2 Å². The molecule has 10 nitrogen and oxygen atoms in total. The zero-order valence-electron chi connectivity index (χ0n) is 22.4. The molecule has 1 aliphatic rings. The zero-order valence-corrected chi connectivity index (χ0v) is 22.4. The molecule has 2 N–H and O–H groups in total. The van der Waals surface area contributed by atoms with Crippen LogP contribution < -0.4 is 20.3 Å². The summed E-state index contributed by atoms with van der Waals surface area (Å²) >= 11 is 0. The SMILES string of the molecule is CNC[C@H]1CN(c2c(NC(=O)c3coc(-c4ccnnc4)n3)ccc(Oc3ccccc3)c2C(F)(F)F)CCN1C. The predicted octanol–water partition coefficient (Wildman–Crippen LogP) is 4.53. The Bertz CT molecular complexity index is 1480. The number of carbonyl (C=O) groups excluding carboxylic acids is 1. The van der Waals surface area contributed by atoms with E-state index in [4.69, 9.17) is 9.15 Å². The van der Waals surface area contributed by atoms with Crippen LogP contribution in [0.1, 0.15) is 16.1 Å². The molecule has 3 heterocycles. The minimum absolute atomic E-state index is 0.0226. The summed E-state index contributed by atoms with van der Waals surface area (Å²) in [6.07, 6.45) is -0.791. The van der Waals surface area contributed by atoms with E-state index < -0.39 is 17.6 Å². The maximum absolute atomic E-state index is 14.8. The number of likely N-dealkylation sites (N-methyl/N-ethyl adjacent to an activating group) is 2. The first-order valence-electron chi connectivity index (χ1n) is 12.9. The Kier molecular flexibility index (Phi) is 8.17. The molecule has 5 rings (SSSR count). The zero-order chi connectivity index (χ0) is 29.0. The molecule has 0 bridgehead atoms. The van der Waals surface area contributed by atoms with Crippen molar-refractivity contribution in [3.63, 3.8) is 0 Å². The van der Waals surface area contributed by atoms with E-state index in [0.29, 0.717) is 31.7 Å². The molecule has 1 amide bonds. The molecule has 1 fully saturated rings. The van der Waals surface area contributed by atoms with Crippen LogP contribution in [0.2, 0.25) is 0 Å². The van der Waals surface area contributed by atoms with E-state index in [0.717, 1.165) is 6.26 Å². The number of hydrogen-bond acceptors (Lipinski definition) is 9. The largest absolute Gasteiger partial charge is 0.457 e. The highest BCUT2D eigenvalue weighted by Gasteiger charge is 2.42. The maximum atomic E-state index is 14.8. The lowest BCUT2D eigenvalue weighted by atomic mass is 10.0. The molecule has 0 unspecified atom stereocenters. The number of hydrogen-bond donors (Lipinski definition) is 2. The van der Waals surface area contributed by atoms with Crippen LogP contribution in [-0.4, -0.2) is 72.3 Å². The van der Waals surface area contributed by atoms with Gasteiger partial charge in [0.1, 0.15) is 23.3 Å². The standard InChI is InChI=1S/C28H28F3N7O3/c1-32-15-19-16-38(13-12-37(19)2)25-21(35-26(39)22-17-40-27(36-22)18-10-11-33-34-14-18)8-9-23(24(25)28(29,30)31)41-20-6-4-3-5-7-20/h3-11,14,17,19,32H,12-13,15-16H2,1-2H3,(H,35,39)/t19-/m0/s1. The Morgan fingerprint density at radius 2 is 1.93 bits per heavy atom. The number of piperazine rings is 1. The lowest BCUT2D eigenvalue weighted by Gasteiger charge is -2.42. The van der Waals surface area contributed by atoms with Crippen LogP contribution in [-0.2, 0) is 6.18 Å². The Balaban J connectivity index is 1.55. The first-order valence-corrected chi connectivity index (χ1v) is 12.9. The van der Waals surface area contributed by atoms with Crippen molar-refractivity contribution >= 4 is 17.3 Å². The van der Waals surface area contributed by atoms with Crippen molar-refractivity contribution in [2.24, 2.45) is 0 Å². The number of rotatable bonds is 8. The minimum atomic E-state index is -4.79. The summed E-state index contributed by atoms with van der Waals surface area (Å²) in [6.45, 7) is 1.69. The number of anilines is 2. The Labute approximate surface area is 234 Å². The number of benzene rings is 2. The number of para-hydroxylation sites is 1. The van der Waals surface area contributed by atoms with E-state index in [-0.39, 0.29) is 40.5 Å². The highest BCUT2D eigenvalue weighted by molar-refractivity contribution is 6.05. The summed E-state index contributed by atoms with van der Waals surface area (Å²) in [4.78, 5) is 21.2. The molecule has 13 heteroatoms. The van der Waals surface area contributed by atoms with E-state index in [9.17, 15) is 18.0 Å². The number of nitrogens with one attached hydrogen (secondary N) is 2. The van der Waals surface area contributed by atoms with Gasteiger partial charge in [-0.1, -0.05) is 18.2 Å². The van der Waals surface area contributed by atoms with Crippen molar-refractivity contribution in [1.82, 2.24) is 25.4 Å². The van der Waals surface area contributed by atoms with E-state index in [2.05, 4.69) is 30.7 Å². The van der Waals surface area contributed by atoms with Gasteiger partial charge in [0, 0.05) is 32.2 Å². The average Bonchev–Trinajstić information content (AvgIpc) is 3.46. The summed E-state index contributed by atoms with van der Waals surface area (Å²) in [5.74, 6) is -0.710. The number of carbonyl (C=O) groups is 1. The predicted molar refractivity (Wildman–Crippen MR) is 146 cm³/mol. The lowest BCUT2D eigenvalue weighted by Crippen LogP contribution is -2.55. The Morgan fingerprint density at radius 1 is 1.12 bits per heavy atom. The van der Waals surface area contributed by atoms with Gasteiger partial charge < -0.3 is 24.7 Å². The molecule has 2 aromatic carbocycles. The van der Waals surface area contributed by atoms with Gasteiger partial charge in [-0.3, -0.25) is 9.69 Å². The molecule has 0 aliphatic carbocycles. The first-order chi connectivity index (χ1) is 19.7. The third-order valence-corrected chi connectivity index (χ3v) is 6.74. The van der Waals surface area contributed by atoms with E-state index in [1.54, 1.807) is 48.3 Å². The number of nitrogens with zero attached hydrogens (tertiary/aromatic N) is 5. The fraction of sp³-hybridized carbons (Fsp3) is 0.286. The van der Waals surface area contributed by atoms with Crippen molar-refractivity contribution in [2.75, 3.05) is 50.5 Å². The summed E-state index contributed by atoms with van der Waals surface area (Å²) in [5.41, 5.74) is -0.779. The quantitative estimate of drug-likeness (QED) is 0.317. The molecule has 4 aromatic rings. The Morgan fingerprint density at radius 3 is 2.63 bits per heavy atom. The molecular formula is C28H28F3N7O3. The van der Waals surface area contributed by atoms with Gasteiger partial charge in [0.25, 0.3) is 5.91 Å². The summed E-state index contributed by atoms with van der Waals surface area (Å²) < 4.78 is 55.7. The van der Waals surface area contributed by atoms with Crippen LogP contribution in [0.25, 0.3) is 11.5 Å². The van der Waals surface area contributed by atoms with Gasteiger partial charge in [0.05, 0.1) is 29.3 Å². The second-order valence-electron chi connectivity index (χ2n) is 9.51. The third-order valence-electron chi connectivity index (χ3n) is 6.74. The number of ether oxygens (including phenoxy) is 1.